The maximum Gasteiger partial charge on any atom is 0.309 e. The molecule has 65 heavy (non-hydrogen) atoms. The fraction of sp³-hybridized carbons (Fsp3) is 0.655. The summed E-state index contributed by atoms with van der Waals surface area (Å²) in [5.41, 5.74) is 0.0469. The van der Waals surface area contributed by atoms with Crippen LogP contribution in [0.5, 0.6) is 0 Å². The molecule has 0 aliphatic heterocycles. The fourth-order valence-electron chi connectivity index (χ4n) is 15.1. The predicted molar refractivity (Wildman–Crippen MR) is 247 cm³/mol. The van der Waals surface area contributed by atoms with E-state index in [1.54, 1.807) is 13.8 Å². The molecule has 8 rings (SSSR count). The van der Waals surface area contributed by atoms with Gasteiger partial charge >= 0.3 is 11.9 Å². The van der Waals surface area contributed by atoms with Gasteiger partial charge in [0.1, 0.15) is 24.1 Å². The van der Waals surface area contributed by atoms with Crippen LogP contribution in [0.15, 0.2) is 65.7 Å². The molecule has 0 radical (unpaired) electrons. The normalized spacial score (nSPS) is 35.7. The number of esters is 2. The van der Waals surface area contributed by atoms with Gasteiger partial charge in [-0.15, -0.1) is 0 Å². The Kier molecular flexibility index (Phi) is 11.7. The first-order valence-corrected chi connectivity index (χ1v) is 24.4. The number of hydrogen-bond acceptors (Lipinski definition) is 7. The predicted octanol–water partition coefficient (Wildman–Crippen LogP) is 10.5. The number of amides is 2. The Balaban J connectivity index is 0.980. The molecule has 0 unspecified atom stereocenters. The number of hydrogen-bond donors (Lipinski definition) is 2. The van der Waals surface area contributed by atoms with Gasteiger partial charge in [-0.05, 0) is 158 Å². The van der Waals surface area contributed by atoms with Crippen LogP contribution in [0.3, 0.4) is 0 Å². The van der Waals surface area contributed by atoms with Crippen LogP contribution in [-0.2, 0) is 35.3 Å². The molecule has 10 heteroatoms. The topological polar surface area (TPSA) is 128 Å². The average molecular weight is 893 g/mol. The molecule has 0 bridgehead atoms. The number of benzene rings is 2. The Labute approximate surface area is 386 Å². The number of rotatable bonds is 10. The Bertz CT molecular complexity index is 2280. The molecular weight excluding hydrogens is 820 g/mol. The van der Waals surface area contributed by atoms with Gasteiger partial charge in [0, 0.05) is 17.4 Å². The maximum atomic E-state index is 14.4. The second-order valence-electron chi connectivity index (χ2n) is 23.9. The van der Waals surface area contributed by atoms with E-state index in [9.17, 15) is 28.4 Å². The van der Waals surface area contributed by atoms with Crippen molar-refractivity contribution in [3.05, 3.63) is 82.7 Å². The van der Waals surface area contributed by atoms with Gasteiger partial charge in [-0.2, -0.15) is 0 Å². The minimum Gasteiger partial charge on any atom is -0.462 e. The van der Waals surface area contributed by atoms with Crippen molar-refractivity contribution in [2.24, 2.45) is 62.6 Å². The lowest BCUT2D eigenvalue weighted by Gasteiger charge is -2.72. The molecule has 2 aromatic rings. The molecule has 5 fully saturated rings. The number of ether oxygens (including phenoxy) is 2. The van der Waals surface area contributed by atoms with E-state index in [-0.39, 0.29) is 93.7 Å². The first-order chi connectivity index (χ1) is 30.3. The van der Waals surface area contributed by atoms with E-state index in [0.29, 0.717) is 24.7 Å². The van der Waals surface area contributed by atoms with Crippen LogP contribution >= 0.6 is 0 Å². The van der Waals surface area contributed by atoms with E-state index in [2.05, 4.69) is 59.1 Å². The third-order valence-electron chi connectivity index (χ3n) is 19.1. The summed E-state index contributed by atoms with van der Waals surface area (Å²) in [6.07, 6.45) is 7.64. The van der Waals surface area contributed by atoms with Crippen molar-refractivity contribution in [3.8, 4) is 0 Å². The summed E-state index contributed by atoms with van der Waals surface area (Å²) in [6, 6.07) is 14.9. The SMILES string of the molecule is CC(C)C1=C2[C@H]3CC[C@@H]4[C@@]5(C)CC[C@H](OC(=O)[C@H]6C[C@@H](C(=O)OCc7ccccc7)C6(C)C)C(C)(C)[C@@H]5CC[C@@]4(C)[C@]3(C)CC[C@@]2(NC(=O)C(C)(C)NC(=O)c2ccc(F)cc2)CC1=O. The molecule has 0 heterocycles. The lowest BCUT2D eigenvalue weighted by Crippen LogP contribution is -2.68. The van der Waals surface area contributed by atoms with Crippen molar-refractivity contribution in [2.45, 2.75) is 164 Å². The first-order valence-electron chi connectivity index (χ1n) is 24.4. The van der Waals surface area contributed by atoms with Crippen molar-refractivity contribution in [3.63, 3.8) is 0 Å². The lowest BCUT2D eigenvalue weighted by molar-refractivity contribution is -0.235. The minimum absolute atomic E-state index is 0.00694. The largest absolute Gasteiger partial charge is 0.462 e. The summed E-state index contributed by atoms with van der Waals surface area (Å²) >= 11 is 0. The lowest BCUT2D eigenvalue weighted by atomic mass is 9.33. The van der Waals surface area contributed by atoms with Crippen LogP contribution in [0.25, 0.3) is 0 Å². The van der Waals surface area contributed by atoms with Gasteiger partial charge in [-0.25, -0.2) is 4.39 Å². The van der Waals surface area contributed by atoms with E-state index in [4.69, 9.17) is 9.47 Å². The Morgan fingerprint density at radius 1 is 0.769 bits per heavy atom. The second kappa shape index (κ2) is 16.2. The molecule has 2 aromatic carbocycles. The van der Waals surface area contributed by atoms with Gasteiger partial charge < -0.3 is 20.1 Å². The highest BCUT2D eigenvalue weighted by molar-refractivity contribution is 6.03. The molecule has 0 saturated heterocycles. The molecule has 6 aliphatic carbocycles. The van der Waals surface area contributed by atoms with E-state index >= 15 is 0 Å². The Morgan fingerprint density at radius 3 is 2.08 bits per heavy atom. The van der Waals surface area contributed by atoms with Gasteiger partial charge in [0.05, 0.1) is 17.4 Å². The second-order valence-corrected chi connectivity index (χ2v) is 23.9. The van der Waals surface area contributed by atoms with Crippen LogP contribution in [0.4, 0.5) is 4.39 Å². The molecule has 0 spiro atoms. The molecular formula is C55H73FN2O7. The average Bonchev–Trinajstić information content (AvgIpc) is 3.53. The zero-order valence-corrected chi connectivity index (χ0v) is 40.8. The number of ketones is 1. The van der Waals surface area contributed by atoms with Gasteiger partial charge in [-0.3, -0.25) is 24.0 Å². The highest BCUT2D eigenvalue weighted by Crippen LogP contribution is 2.76. The van der Waals surface area contributed by atoms with Crippen LogP contribution in [0.1, 0.15) is 156 Å². The van der Waals surface area contributed by atoms with Crippen molar-refractivity contribution in [1.29, 1.82) is 0 Å². The Hall–Kier alpha value is -4.34. The number of fused-ring (bicyclic) bond motifs is 7. The standard InChI is InChI=1S/C55H73FN2O7/c1-32(2)43-39(59)30-55(58-48(63)51(7,8)57-45(60)34-17-19-35(56)20-18-34)28-27-53(10)36(44(43)55)21-22-41-52(9)25-24-42(50(5,6)40(52)23-26-54(41,53)11)65-47(62)38-29-37(49(38,3)4)46(61)64-31-33-15-13-12-14-16-33/h12-20,32,36-38,40-42H,21-31H2,1-11H3,(H,57,60)(H,58,63)/t36-,37+,38-,40+,41-,42+,52+,53-,54-,55-/m1/s1. The molecule has 5 saturated carbocycles. The van der Waals surface area contributed by atoms with E-state index in [1.165, 1.54) is 24.3 Å². The zero-order valence-electron chi connectivity index (χ0n) is 40.8. The van der Waals surface area contributed by atoms with Gasteiger partial charge in [0.2, 0.25) is 5.91 Å². The molecule has 0 aromatic heterocycles. The smallest absolute Gasteiger partial charge is 0.309 e. The summed E-state index contributed by atoms with van der Waals surface area (Å²) < 4.78 is 25.9. The highest BCUT2D eigenvalue weighted by Gasteiger charge is 2.71. The summed E-state index contributed by atoms with van der Waals surface area (Å²) in [5.74, 6) is -1.49. The summed E-state index contributed by atoms with van der Waals surface area (Å²) in [6.45, 7) is 23.9. The maximum absolute atomic E-state index is 14.4. The van der Waals surface area contributed by atoms with Crippen LogP contribution in [0, 0.1) is 68.4 Å². The van der Waals surface area contributed by atoms with Gasteiger partial charge in [0.25, 0.3) is 5.91 Å². The molecule has 10 atom stereocenters. The van der Waals surface area contributed by atoms with Crippen LogP contribution in [-0.4, -0.2) is 46.7 Å². The molecule has 6 aliphatic rings. The van der Waals surface area contributed by atoms with E-state index < -0.39 is 28.2 Å². The van der Waals surface area contributed by atoms with Crippen molar-refractivity contribution in [1.82, 2.24) is 10.6 Å². The molecule has 9 nitrogen and oxygen atoms in total. The summed E-state index contributed by atoms with van der Waals surface area (Å²) in [5, 5.41) is 6.29. The number of carbonyl (C=O) groups is 5. The van der Waals surface area contributed by atoms with Gasteiger partial charge in [-0.1, -0.05) is 92.6 Å². The monoisotopic (exact) mass is 893 g/mol. The van der Waals surface area contributed by atoms with Crippen LogP contribution in [0.2, 0.25) is 0 Å². The number of nitrogens with one attached hydrogen (secondary N) is 2. The summed E-state index contributed by atoms with van der Waals surface area (Å²) in [4.78, 5) is 69.1. The third-order valence-corrected chi connectivity index (χ3v) is 19.1. The van der Waals surface area contributed by atoms with Crippen molar-refractivity contribution >= 4 is 29.5 Å². The number of allylic oxidation sites excluding steroid dienone is 1. The van der Waals surface area contributed by atoms with E-state index in [1.807, 2.05) is 44.2 Å². The third kappa shape index (κ3) is 7.50. The van der Waals surface area contributed by atoms with Crippen molar-refractivity contribution < 1.29 is 37.8 Å². The van der Waals surface area contributed by atoms with E-state index in [0.717, 1.165) is 61.7 Å². The molecule has 2 N–H and O–H groups in total. The molecule has 352 valence electrons. The quantitative estimate of drug-likeness (QED) is 0.227. The van der Waals surface area contributed by atoms with Crippen LogP contribution < -0.4 is 10.6 Å². The number of carbonyl (C=O) groups excluding carboxylic acids is 5. The summed E-state index contributed by atoms with van der Waals surface area (Å²) in [7, 11) is 0. The first kappa shape index (κ1) is 47.2. The van der Waals surface area contributed by atoms with Gasteiger partial charge in [0.15, 0.2) is 5.78 Å². The minimum atomic E-state index is -1.31. The van der Waals surface area contributed by atoms with Crippen molar-refractivity contribution in [2.75, 3.05) is 0 Å². The fourth-order valence-corrected chi connectivity index (χ4v) is 15.1. The molecule has 2 amide bonds. The Morgan fingerprint density at radius 2 is 1.43 bits per heavy atom. The highest BCUT2D eigenvalue weighted by atomic mass is 19.1. The number of Topliss-reactive ketones (excluding diaryl/α,β-unsaturated/α-hetero) is 1. The number of halogens is 1. The zero-order chi connectivity index (χ0) is 47.3.